The summed E-state index contributed by atoms with van der Waals surface area (Å²) in [4.78, 5) is 26.5. The number of rotatable bonds is 5. The van der Waals surface area contributed by atoms with Gasteiger partial charge in [0.2, 0.25) is 11.0 Å². The molecule has 148 valence electrons. The van der Waals surface area contributed by atoms with Gasteiger partial charge in [0.05, 0.1) is 0 Å². The molecule has 3 heterocycles. The van der Waals surface area contributed by atoms with Crippen LogP contribution in [0.15, 0.2) is 24.3 Å². The van der Waals surface area contributed by atoms with Crippen LogP contribution in [-0.2, 0) is 11.4 Å². The second-order valence-corrected chi connectivity index (χ2v) is 8.31. The Morgan fingerprint density at radius 1 is 1.29 bits per heavy atom. The van der Waals surface area contributed by atoms with Gasteiger partial charge in [0, 0.05) is 17.6 Å². The van der Waals surface area contributed by atoms with Gasteiger partial charge in [0.15, 0.2) is 5.01 Å². The van der Waals surface area contributed by atoms with E-state index in [9.17, 15) is 9.59 Å². The molecule has 2 atom stereocenters. The second-order valence-electron chi connectivity index (χ2n) is 6.81. The standard InChI is InChI=1S/C18H20ClN5O3S/c19-11-4-6-13(7-5-11)27-10-15-22-23-18(28-15)21-17(26)20-14-9-12-3-1-2-8-24(12)16(14)25/h4-7,12,14H,1-3,8-10H2,(H2,20,21,23,26). The Morgan fingerprint density at radius 3 is 2.89 bits per heavy atom. The Morgan fingerprint density at radius 2 is 2.11 bits per heavy atom. The summed E-state index contributed by atoms with van der Waals surface area (Å²) in [5.41, 5.74) is 0. The fraction of sp³-hybridized carbons (Fsp3) is 0.444. The van der Waals surface area contributed by atoms with Gasteiger partial charge in [-0.3, -0.25) is 10.1 Å². The fourth-order valence-corrected chi connectivity index (χ4v) is 4.33. The van der Waals surface area contributed by atoms with Gasteiger partial charge in [-0.15, -0.1) is 10.2 Å². The number of piperidine rings is 1. The lowest BCUT2D eigenvalue weighted by atomic mass is 10.0. The minimum absolute atomic E-state index is 0.00849. The molecular formula is C18H20ClN5O3S. The summed E-state index contributed by atoms with van der Waals surface area (Å²) in [6.45, 7) is 1.02. The summed E-state index contributed by atoms with van der Waals surface area (Å²) in [5.74, 6) is 0.678. The van der Waals surface area contributed by atoms with Crippen molar-refractivity contribution in [2.75, 3.05) is 11.9 Å². The van der Waals surface area contributed by atoms with Gasteiger partial charge in [0.1, 0.15) is 18.4 Å². The van der Waals surface area contributed by atoms with E-state index in [-0.39, 0.29) is 18.6 Å². The van der Waals surface area contributed by atoms with Crippen molar-refractivity contribution in [3.8, 4) is 5.75 Å². The number of amides is 3. The normalized spacial score (nSPS) is 21.3. The molecule has 0 saturated carbocycles. The first kappa shape index (κ1) is 18.9. The SMILES string of the molecule is O=C(Nc1nnc(COc2ccc(Cl)cc2)s1)NC1CC2CCCCN2C1=O. The van der Waals surface area contributed by atoms with Crippen LogP contribution < -0.4 is 15.4 Å². The number of hydrogen-bond acceptors (Lipinski definition) is 6. The van der Waals surface area contributed by atoms with E-state index in [1.165, 1.54) is 11.3 Å². The number of nitrogens with zero attached hydrogens (tertiary/aromatic N) is 3. The van der Waals surface area contributed by atoms with Gasteiger partial charge in [0.25, 0.3) is 0 Å². The molecule has 0 aliphatic carbocycles. The molecule has 1 aromatic carbocycles. The average Bonchev–Trinajstić information content (AvgIpc) is 3.26. The Kier molecular flexibility index (Phi) is 5.63. The number of hydrogen-bond donors (Lipinski definition) is 2. The Balaban J connectivity index is 1.27. The van der Waals surface area contributed by atoms with Crippen molar-refractivity contribution >= 4 is 40.0 Å². The van der Waals surface area contributed by atoms with Crippen molar-refractivity contribution in [3.05, 3.63) is 34.3 Å². The molecule has 2 aliphatic heterocycles. The molecule has 0 bridgehead atoms. The Labute approximate surface area is 171 Å². The number of aromatic nitrogens is 2. The Hall–Kier alpha value is -2.39. The molecule has 2 aliphatic rings. The molecule has 2 N–H and O–H groups in total. The van der Waals surface area contributed by atoms with E-state index in [2.05, 4.69) is 20.8 Å². The number of fused-ring (bicyclic) bond motifs is 1. The van der Waals surface area contributed by atoms with E-state index in [1.807, 2.05) is 4.90 Å². The third kappa shape index (κ3) is 4.36. The Bertz CT molecular complexity index is 859. The first-order chi connectivity index (χ1) is 13.6. The van der Waals surface area contributed by atoms with Crippen molar-refractivity contribution in [2.24, 2.45) is 0 Å². The third-order valence-electron chi connectivity index (χ3n) is 4.88. The zero-order chi connectivity index (χ0) is 19.5. The first-order valence-electron chi connectivity index (χ1n) is 9.17. The minimum Gasteiger partial charge on any atom is -0.486 e. The number of benzene rings is 1. The van der Waals surface area contributed by atoms with Crippen LogP contribution in [0.5, 0.6) is 5.75 Å². The predicted octanol–water partition coefficient (Wildman–Crippen LogP) is 3.05. The van der Waals surface area contributed by atoms with Gasteiger partial charge >= 0.3 is 6.03 Å². The zero-order valence-electron chi connectivity index (χ0n) is 15.1. The molecule has 0 radical (unpaired) electrons. The molecule has 2 unspecified atom stereocenters. The van der Waals surface area contributed by atoms with Crippen LogP contribution in [0.25, 0.3) is 0 Å². The number of urea groups is 1. The number of halogens is 1. The highest BCUT2D eigenvalue weighted by Crippen LogP contribution is 2.28. The van der Waals surface area contributed by atoms with Crippen molar-refractivity contribution < 1.29 is 14.3 Å². The van der Waals surface area contributed by atoms with Crippen molar-refractivity contribution in [3.63, 3.8) is 0 Å². The molecule has 0 spiro atoms. The van der Waals surface area contributed by atoms with Crippen LogP contribution in [0.4, 0.5) is 9.93 Å². The highest BCUT2D eigenvalue weighted by molar-refractivity contribution is 7.15. The van der Waals surface area contributed by atoms with Crippen molar-refractivity contribution in [1.82, 2.24) is 20.4 Å². The minimum atomic E-state index is -0.469. The summed E-state index contributed by atoms with van der Waals surface area (Å²) in [6.07, 6.45) is 3.85. The lowest BCUT2D eigenvalue weighted by Gasteiger charge is -2.28. The molecule has 2 fully saturated rings. The summed E-state index contributed by atoms with van der Waals surface area (Å²) >= 11 is 7.06. The number of carbonyl (C=O) groups is 2. The van der Waals surface area contributed by atoms with Gasteiger partial charge in [-0.25, -0.2) is 4.79 Å². The number of ether oxygens (including phenoxy) is 1. The topological polar surface area (TPSA) is 96.4 Å². The molecule has 3 amide bonds. The van der Waals surface area contributed by atoms with Crippen molar-refractivity contribution in [1.29, 1.82) is 0 Å². The fourth-order valence-electron chi connectivity index (χ4n) is 3.56. The highest BCUT2D eigenvalue weighted by Gasteiger charge is 2.41. The molecular weight excluding hydrogens is 402 g/mol. The largest absolute Gasteiger partial charge is 0.486 e. The summed E-state index contributed by atoms with van der Waals surface area (Å²) in [5, 5.41) is 15.0. The maximum Gasteiger partial charge on any atom is 0.321 e. The zero-order valence-corrected chi connectivity index (χ0v) is 16.6. The van der Waals surface area contributed by atoms with E-state index in [4.69, 9.17) is 16.3 Å². The highest BCUT2D eigenvalue weighted by atomic mass is 35.5. The number of nitrogens with one attached hydrogen (secondary N) is 2. The molecule has 2 aromatic rings. The number of anilines is 1. The molecule has 1 aromatic heterocycles. The van der Waals surface area contributed by atoms with E-state index < -0.39 is 12.1 Å². The average molecular weight is 422 g/mol. The van der Waals surface area contributed by atoms with Gasteiger partial charge in [-0.2, -0.15) is 0 Å². The van der Waals surface area contributed by atoms with Crippen LogP contribution in [-0.4, -0.2) is 45.7 Å². The van der Waals surface area contributed by atoms with Crippen LogP contribution in [0, 0.1) is 0 Å². The lowest BCUT2D eigenvalue weighted by Crippen LogP contribution is -2.44. The quantitative estimate of drug-likeness (QED) is 0.773. The van der Waals surface area contributed by atoms with Gasteiger partial charge in [-0.05, 0) is 49.9 Å². The maximum atomic E-state index is 12.4. The monoisotopic (exact) mass is 421 g/mol. The molecule has 4 rings (SSSR count). The number of carbonyl (C=O) groups excluding carboxylic acids is 2. The first-order valence-corrected chi connectivity index (χ1v) is 10.4. The molecule has 8 nitrogen and oxygen atoms in total. The molecule has 10 heteroatoms. The van der Waals surface area contributed by atoms with Crippen LogP contribution in [0.1, 0.15) is 30.7 Å². The lowest BCUT2D eigenvalue weighted by molar-refractivity contribution is -0.131. The second kappa shape index (κ2) is 8.32. The summed E-state index contributed by atoms with van der Waals surface area (Å²) in [7, 11) is 0. The van der Waals surface area contributed by atoms with E-state index in [1.54, 1.807) is 24.3 Å². The van der Waals surface area contributed by atoms with Crippen LogP contribution >= 0.6 is 22.9 Å². The van der Waals surface area contributed by atoms with E-state index in [0.29, 0.717) is 27.3 Å². The maximum absolute atomic E-state index is 12.4. The summed E-state index contributed by atoms with van der Waals surface area (Å²) in [6, 6.07) is 6.36. The van der Waals surface area contributed by atoms with Crippen molar-refractivity contribution in [2.45, 2.75) is 44.4 Å². The van der Waals surface area contributed by atoms with E-state index in [0.717, 1.165) is 25.8 Å². The van der Waals surface area contributed by atoms with Crippen LogP contribution in [0.2, 0.25) is 5.02 Å². The summed E-state index contributed by atoms with van der Waals surface area (Å²) < 4.78 is 5.61. The smallest absolute Gasteiger partial charge is 0.321 e. The molecule has 2 saturated heterocycles. The third-order valence-corrected chi connectivity index (χ3v) is 5.95. The van der Waals surface area contributed by atoms with Gasteiger partial charge in [-0.1, -0.05) is 22.9 Å². The predicted molar refractivity (Wildman–Crippen MR) is 106 cm³/mol. The van der Waals surface area contributed by atoms with E-state index >= 15 is 0 Å². The van der Waals surface area contributed by atoms with Crippen LogP contribution in [0.3, 0.4) is 0 Å². The molecule has 28 heavy (non-hydrogen) atoms. The van der Waals surface area contributed by atoms with Gasteiger partial charge < -0.3 is 15.0 Å².